The van der Waals surface area contributed by atoms with E-state index in [1.54, 1.807) is 31.3 Å². The van der Waals surface area contributed by atoms with Gasteiger partial charge in [-0.3, -0.25) is 4.79 Å². The normalized spacial score (nSPS) is 16.5. The van der Waals surface area contributed by atoms with Gasteiger partial charge in [-0.1, -0.05) is 0 Å². The fourth-order valence-corrected chi connectivity index (χ4v) is 1.53. The van der Waals surface area contributed by atoms with E-state index in [9.17, 15) is 4.79 Å². The third-order valence-electron chi connectivity index (χ3n) is 2.41. The van der Waals surface area contributed by atoms with Crippen LogP contribution in [0, 0.1) is 0 Å². The highest BCUT2D eigenvalue weighted by Crippen LogP contribution is 2.16. The van der Waals surface area contributed by atoms with Gasteiger partial charge in [0.2, 0.25) is 5.91 Å². The summed E-state index contributed by atoms with van der Waals surface area (Å²) in [5.74, 6) is 0.275. The molecule has 1 aromatic carbocycles. The molecule has 4 heteroatoms. The third kappa shape index (κ3) is 1.98. The van der Waals surface area contributed by atoms with Crippen LogP contribution in [0.5, 0.6) is 5.75 Å². The SMILES string of the molecule is CN1N=C(c2ccc(O)cc2)CCC1=O. The lowest BCUT2D eigenvalue weighted by atomic mass is 10.0. The molecule has 1 amide bonds. The minimum atomic E-state index is 0.0394. The van der Waals surface area contributed by atoms with Gasteiger partial charge >= 0.3 is 0 Å². The maximum atomic E-state index is 11.2. The number of hydrogen-bond acceptors (Lipinski definition) is 3. The van der Waals surface area contributed by atoms with Crippen molar-refractivity contribution in [3.8, 4) is 5.75 Å². The summed E-state index contributed by atoms with van der Waals surface area (Å²) < 4.78 is 0. The van der Waals surface area contributed by atoms with Crippen LogP contribution in [0.2, 0.25) is 0 Å². The van der Waals surface area contributed by atoms with Gasteiger partial charge in [0.05, 0.1) is 5.71 Å². The zero-order chi connectivity index (χ0) is 10.8. The fraction of sp³-hybridized carbons (Fsp3) is 0.273. The average molecular weight is 204 g/mol. The van der Waals surface area contributed by atoms with Crippen LogP contribution in [0.3, 0.4) is 0 Å². The van der Waals surface area contributed by atoms with Gasteiger partial charge in [0.15, 0.2) is 0 Å². The number of aromatic hydroxyl groups is 1. The Bertz CT molecular complexity index is 409. The minimum Gasteiger partial charge on any atom is -0.508 e. The molecule has 0 aliphatic carbocycles. The highest BCUT2D eigenvalue weighted by Gasteiger charge is 2.17. The summed E-state index contributed by atoms with van der Waals surface area (Å²) in [6, 6.07) is 6.85. The Morgan fingerprint density at radius 3 is 2.53 bits per heavy atom. The molecule has 0 unspecified atom stereocenters. The average Bonchev–Trinajstić information content (AvgIpc) is 2.23. The smallest absolute Gasteiger partial charge is 0.242 e. The molecule has 0 atom stereocenters. The Balaban J connectivity index is 2.28. The summed E-state index contributed by atoms with van der Waals surface area (Å²) in [6.07, 6.45) is 1.16. The van der Waals surface area contributed by atoms with Crippen LogP contribution in [-0.4, -0.2) is 28.8 Å². The molecule has 1 aliphatic rings. The first kappa shape index (κ1) is 9.71. The highest BCUT2D eigenvalue weighted by molar-refractivity contribution is 6.04. The first-order valence-electron chi connectivity index (χ1n) is 4.80. The van der Waals surface area contributed by atoms with Gasteiger partial charge in [0, 0.05) is 19.9 Å². The summed E-state index contributed by atoms with van der Waals surface area (Å²) in [4.78, 5) is 11.2. The molecule has 0 bridgehead atoms. The fourth-order valence-electron chi connectivity index (χ4n) is 1.53. The van der Waals surface area contributed by atoms with Crippen molar-refractivity contribution in [1.29, 1.82) is 0 Å². The van der Waals surface area contributed by atoms with Crippen molar-refractivity contribution in [2.45, 2.75) is 12.8 Å². The van der Waals surface area contributed by atoms with Crippen molar-refractivity contribution in [3.63, 3.8) is 0 Å². The number of nitrogens with zero attached hydrogens (tertiary/aromatic N) is 2. The Hall–Kier alpha value is -1.84. The number of rotatable bonds is 1. The Labute approximate surface area is 87.8 Å². The number of benzene rings is 1. The van der Waals surface area contributed by atoms with Crippen LogP contribution in [0.1, 0.15) is 18.4 Å². The molecule has 4 nitrogen and oxygen atoms in total. The lowest BCUT2D eigenvalue weighted by Crippen LogP contribution is -2.28. The van der Waals surface area contributed by atoms with Gasteiger partial charge in [0.1, 0.15) is 5.75 Å². The number of carbonyl (C=O) groups excluding carboxylic acids is 1. The monoisotopic (exact) mass is 204 g/mol. The molecule has 0 fully saturated rings. The van der Waals surface area contributed by atoms with E-state index in [0.717, 1.165) is 11.3 Å². The third-order valence-corrected chi connectivity index (χ3v) is 2.41. The Morgan fingerprint density at radius 2 is 1.93 bits per heavy atom. The number of phenols is 1. The summed E-state index contributed by atoms with van der Waals surface area (Å²) >= 11 is 0. The zero-order valence-electron chi connectivity index (χ0n) is 8.47. The zero-order valence-corrected chi connectivity index (χ0v) is 8.47. The second-order valence-corrected chi connectivity index (χ2v) is 3.51. The van der Waals surface area contributed by atoms with Gasteiger partial charge in [-0.15, -0.1) is 0 Å². The van der Waals surface area contributed by atoms with Crippen LogP contribution in [0.15, 0.2) is 29.4 Å². The van der Waals surface area contributed by atoms with Gasteiger partial charge in [-0.05, 0) is 29.8 Å². The minimum absolute atomic E-state index is 0.0394. The molecule has 1 aromatic rings. The molecule has 0 radical (unpaired) electrons. The summed E-state index contributed by atoms with van der Waals surface area (Å²) in [7, 11) is 1.65. The van der Waals surface area contributed by atoms with Crippen LogP contribution in [0.25, 0.3) is 0 Å². The molecule has 1 heterocycles. The molecule has 1 N–H and O–H groups in total. The predicted octanol–water partition coefficient (Wildman–Crippen LogP) is 1.35. The highest BCUT2D eigenvalue weighted by atomic mass is 16.3. The van der Waals surface area contributed by atoms with E-state index in [2.05, 4.69) is 5.10 Å². The topological polar surface area (TPSA) is 52.9 Å². The Kier molecular flexibility index (Phi) is 2.41. The van der Waals surface area contributed by atoms with E-state index in [1.807, 2.05) is 0 Å². The number of amides is 1. The quantitative estimate of drug-likeness (QED) is 0.750. The lowest BCUT2D eigenvalue weighted by Gasteiger charge is -2.19. The van der Waals surface area contributed by atoms with Crippen molar-refractivity contribution in [1.82, 2.24) is 5.01 Å². The van der Waals surface area contributed by atoms with E-state index in [1.165, 1.54) is 5.01 Å². The van der Waals surface area contributed by atoms with E-state index >= 15 is 0 Å². The molecule has 15 heavy (non-hydrogen) atoms. The second-order valence-electron chi connectivity index (χ2n) is 3.51. The van der Waals surface area contributed by atoms with Gasteiger partial charge in [-0.2, -0.15) is 5.10 Å². The number of carbonyl (C=O) groups is 1. The molecular formula is C11H12N2O2. The van der Waals surface area contributed by atoms with Crippen molar-refractivity contribution in [3.05, 3.63) is 29.8 Å². The number of hydrogen-bond donors (Lipinski definition) is 1. The molecule has 0 saturated carbocycles. The molecule has 78 valence electrons. The second kappa shape index (κ2) is 3.73. The van der Waals surface area contributed by atoms with Crippen molar-refractivity contribution in [2.75, 3.05) is 7.05 Å². The van der Waals surface area contributed by atoms with Crippen LogP contribution in [-0.2, 0) is 4.79 Å². The number of phenolic OH excluding ortho intramolecular Hbond substituents is 1. The first-order chi connectivity index (χ1) is 7.16. The molecular weight excluding hydrogens is 192 g/mol. The van der Waals surface area contributed by atoms with Gasteiger partial charge < -0.3 is 5.11 Å². The van der Waals surface area contributed by atoms with Crippen LogP contribution < -0.4 is 0 Å². The van der Waals surface area contributed by atoms with Crippen LogP contribution in [0.4, 0.5) is 0 Å². The van der Waals surface area contributed by atoms with Crippen LogP contribution >= 0.6 is 0 Å². The summed E-state index contributed by atoms with van der Waals surface area (Å²) in [5.41, 5.74) is 1.84. The molecule has 0 aromatic heterocycles. The van der Waals surface area contributed by atoms with Crippen molar-refractivity contribution < 1.29 is 9.90 Å². The van der Waals surface area contributed by atoms with E-state index in [-0.39, 0.29) is 11.7 Å². The van der Waals surface area contributed by atoms with E-state index in [0.29, 0.717) is 12.8 Å². The van der Waals surface area contributed by atoms with E-state index in [4.69, 9.17) is 5.11 Å². The summed E-state index contributed by atoms with van der Waals surface area (Å²) in [6.45, 7) is 0. The summed E-state index contributed by atoms with van der Waals surface area (Å²) in [5, 5.41) is 14.7. The van der Waals surface area contributed by atoms with Gasteiger partial charge in [0.25, 0.3) is 0 Å². The van der Waals surface area contributed by atoms with Crippen molar-refractivity contribution >= 4 is 11.6 Å². The maximum absolute atomic E-state index is 11.2. The lowest BCUT2D eigenvalue weighted by molar-refractivity contribution is -0.130. The van der Waals surface area contributed by atoms with Gasteiger partial charge in [-0.25, -0.2) is 5.01 Å². The van der Waals surface area contributed by atoms with Crippen molar-refractivity contribution in [2.24, 2.45) is 5.10 Å². The molecule has 1 aliphatic heterocycles. The Morgan fingerprint density at radius 1 is 1.27 bits per heavy atom. The first-order valence-corrected chi connectivity index (χ1v) is 4.80. The largest absolute Gasteiger partial charge is 0.508 e. The number of hydrazone groups is 1. The van der Waals surface area contributed by atoms with E-state index < -0.39 is 0 Å². The molecule has 0 spiro atoms. The molecule has 0 saturated heterocycles. The molecule has 2 rings (SSSR count). The standard InChI is InChI=1S/C11H12N2O2/c1-13-11(15)7-6-10(12-13)8-2-4-9(14)5-3-8/h2-5,14H,6-7H2,1H3. The predicted molar refractivity (Wildman–Crippen MR) is 56.6 cm³/mol. The maximum Gasteiger partial charge on any atom is 0.242 e.